The molecule has 1 saturated carbocycles. The van der Waals surface area contributed by atoms with Gasteiger partial charge < -0.3 is 24.4 Å². The van der Waals surface area contributed by atoms with Crippen LogP contribution in [0.15, 0.2) is 55.6 Å². The number of aliphatic hydroxyl groups is 1. The van der Waals surface area contributed by atoms with Crippen LogP contribution in [0.5, 0.6) is 0 Å². The molecule has 3 saturated heterocycles. The van der Waals surface area contributed by atoms with E-state index in [0.717, 1.165) is 50.5 Å². The maximum absolute atomic E-state index is 14.7. The van der Waals surface area contributed by atoms with Crippen molar-refractivity contribution in [3.05, 3.63) is 61.2 Å². The Kier molecular flexibility index (Phi) is 9.29. The maximum Gasteiger partial charge on any atom is 0.312 e. The third kappa shape index (κ3) is 5.37. The first-order valence-electron chi connectivity index (χ1n) is 15.3. The Hall–Kier alpha value is -2.97. The molecule has 1 aliphatic carbocycles. The lowest BCUT2D eigenvalue weighted by molar-refractivity contribution is -0.157. The molecule has 3 heterocycles. The molecule has 2 bridgehead atoms. The molecule has 8 heteroatoms. The number of nitrogens with zero attached hydrogens (tertiary/aromatic N) is 2. The Balaban J connectivity index is 1.51. The first-order chi connectivity index (χ1) is 20.0. The molecule has 5 rings (SSSR count). The van der Waals surface area contributed by atoms with E-state index in [-0.39, 0.29) is 31.1 Å². The first kappa shape index (κ1) is 29.5. The summed E-state index contributed by atoms with van der Waals surface area (Å²) in [5, 5.41) is 10.7. The number of ether oxygens (including phenoxy) is 2. The van der Waals surface area contributed by atoms with Crippen molar-refractivity contribution in [2.24, 2.45) is 11.8 Å². The van der Waals surface area contributed by atoms with Gasteiger partial charge in [-0.2, -0.15) is 0 Å². The fourth-order valence-corrected chi connectivity index (χ4v) is 7.77. The molecule has 8 nitrogen and oxygen atoms in total. The van der Waals surface area contributed by atoms with Crippen LogP contribution in [-0.2, 0) is 23.9 Å². The quantitative estimate of drug-likeness (QED) is 0.218. The summed E-state index contributed by atoms with van der Waals surface area (Å²) in [5.41, 5.74) is -0.400. The van der Waals surface area contributed by atoms with E-state index < -0.39 is 41.6 Å². The van der Waals surface area contributed by atoms with Gasteiger partial charge in [0.2, 0.25) is 11.8 Å². The van der Waals surface area contributed by atoms with Gasteiger partial charge in [0, 0.05) is 12.6 Å². The van der Waals surface area contributed by atoms with Gasteiger partial charge in [-0.25, -0.2) is 0 Å². The van der Waals surface area contributed by atoms with Crippen molar-refractivity contribution < 1.29 is 29.0 Å². The molecule has 1 aromatic rings. The van der Waals surface area contributed by atoms with Crippen LogP contribution in [0.1, 0.15) is 75.8 Å². The third-order valence-corrected chi connectivity index (χ3v) is 9.61. The summed E-state index contributed by atoms with van der Waals surface area (Å²) in [6, 6.07) is 7.67. The zero-order valence-electron chi connectivity index (χ0n) is 24.0. The minimum Gasteiger partial charge on any atom is -0.465 e. The number of fused-ring (bicyclic) bond motifs is 1. The number of esters is 1. The minimum atomic E-state index is -1.14. The molecule has 1 aromatic carbocycles. The van der Waals surface area contributed by atoms with Crippen molar-refractivity contribution in [1.82, 2.24) is 9.80 Å². The summed E-state index contributed by atoms with van der Waals surface area (Å²) in [5.74, 6) is -2.53. The summed E-state index contributed by atoms with van der Waals surface area (Å²) in [4.78, 5) is 46.1. The Bertz CT molecular complexity index is 1120. The Morgan fingerprint density at radius 3 is 2.56 bits per heavy atom. The lowest BCUT2D eigenvalue weighted by Crippen LogP contribution is -2.59. The number of carbonyl (C=O) groups is 3. The highest BCUT2D eigenvalue weighted by atomic mass is 16.6. The number of aliphatic hydroxyl groups excluding tert-OH is 1. The average molecular weight is 565 g/mol. The highest BCUT2D eigenvalue weighted by molar-refractivity contribution is 5.98. The first-order valence-corrected chi connectivity index (χ1v) is 15.3. The highest BCUT2D eigenvalue weighted by Gasteiger charge is 2.75. The van der Waals surface area contributed by atoms with Crippen molar-refractivity contribution in [1.29, 1.82) is 0 Å². The smallest absolute Gasteiger partial charge is 0.312 e. The van der Waals surface area contributed by atoms with E-state index in [9.17, 15) is 19.5 Å². The van der Waals surface area contributed by atoms with E-state index in [4.69, 9.17) is 9.47 Å². The van der Waals surface area contributed by atoms with E-state index in [0.29, 0.717) is 25.8 Å². The van der Waals surface area contributed by atoms with Crippen molar-refractivity contribution in [2.75, 3.05) is 19.8 Å². The van der Waals surface area contributed by atoms with Crippen LogP contribution in [-0.4, -0.2) is 76.2 Å². The zero-order chi connectivity index (χ0) is 29.0. The van der Waals surface area contributed by atoms with Gasteiger partial charge in [0.25, 0.3) is 0 Å². The largest absolute Gasteiger partial charge is 0.465 e. The van der Waals surface area contributed by atoms with Gasteiger partial charge in [-0.1, -0.05) is 61.7 Å². The second kappa shape index (κ2) is 12.9. The van der Waals surface area contributed by atoms with Crippen molar-refractivity contribution in [3.63, 3.8) is 0 Å². The van der Waals surface area contributed by atoms with Gasteiger partial charge in [0.1, 0.15) is 11.6 Å². The molecule has 222 valence electrons. The highest BCUT2D eigenvalue weighted by Crippen LogP contribution is 2.60. The fraction of sp³-hybridized carbons (Fsp3) is 0.606. The molecule has 0 aromatic heterocycles. The van der Waals surface area contributed by atoms with Gasteiger partial charge >= 0.3 is 5.97 Å². The number of amides is 2. The molecule has 1 spiro atoms. The van der Waals surface area contributed by atoms with E-state index in [2.05, 4.69) is 13.2 Å². The van der Waals surface area contributed by atoms with E-state index in [1.54, 1.807) is 11.0 Å². The monoisotopic (exact) mass is 564 g/mol. The van der Waals surface area contributed by atoms with Crippen molar-refractivity contribution in [3.8, 4) is 0 Å². The van der Waals surface area contributed by atoms with Crippen molar-refractivity contribution in [2.45, 2.75) is 94.0 Å². The Labute approximate surface area is 243 Å². The molecular weight excluding hydrogens is 520 g/mol. The predicted molar refractivity (Wildman–Crippen MR) is 155 cm³/mol. The standard InChI is InChI=1S/C33H44N2O6/c1-3-5-6-13-21-40-32(39)27-26-18-19-33(41-26)28(27)30(37)35(25(22-36)23-14-9-7-10-15-23)29(33)31(38)34(20-4-2)24-16-11-8-12-17-24/h3-4,7,9-10,14-15,24-29,36H,1-2,5-6,8,11-13,16-22H2/t25-,26+,27-,28+,29?,33?/m1/s1. The molecule has 6 atom stereocenters. The predicted octanol–water partition coefficient (Wildman–Crippen LogP) is 4.34. The lowest BCUT2D eigenvalue weighted by Gasteiger charge is -2.42. The topological polar surface area (TPSA) is 96.4 Å². The van der Waals surface area contributed by atoms with Gasteiger partial charge in [-0.3, -0.25) is 14.4 Å². The van der Waals surface area contributed by atoms with Crippen LogP contribution in [0.3, 0.4) is 0 Å². The molecule has 2 unspecified atom stereocenters. The molecule has 1 N–H and O–H groups in total. The summed E-state index contributed by atoms with van der Waals surface area (Å²) in [6.45, 7) is 7.94. The van der Waals surface area contributed by atoms with Crippen molar-refractivity contribution >= 4 is 17.8 Å². The zero-order valence-corrected chi connectivity index (χ0v) is 24.0. The fourth-order valence-electron chi connectivity index (χ4n) is 7.77. The number of carbonyl (C=O) groups excluding carboxylic acids is 3. The second-order valence-corrected chi connectivity index (χ2v) is 11.9. The van der Waals surface area contributed by atoms with Crippen LogP contribution >= 0.6 is 0 Å². The minimum absolute atomic E-state index is 0.0564. The van der Waals surface area contributed by atoms with Crippen LogP contribution in [0, 0.1) is 11.8 Å². The molecular formula is C33H44N2O6. The van der Waals surface area contributed by atoms with E-state index >= 15 is 0 Å². The molecule has 0 radical (unpaired) electrons. The van der Waals surface area contributed by atoms with Crippen LogP contribution in [0.4, 0.5) is 0 Å². The number of benzene rings is 1. The third-order valence-electron chi connectivity index (χ3n) is 9.61. The van der Waals surface area contributed by atoms with Crippen LogP contribution in [0.2, 0.25) is 0 Å². The normalized spacial score (nSPS) is 29.7. The summed E-state index contributed by atoms with van der Waals surface area (Å²) in [6.07, 6.45) is 11.7. The van der Waals surface area contributed by atoms with E-state index in [1.165, 1.54) is 0 Å². The van der Waals surface area contributed by atoms with Gasteiger partial charge in [0.05, 0.1) is 37.2 Å². The molecule has 41 heavy (non-hydrogen) atoms. The number of rotatable bonds is 13. The lowest BCUT2D eigenvalue weighted by atomic mass is 9.70. The SMILES string of the molecule is C=CCCCCOC(=O)[C@@H]1[C@@H]2CCC3(O2)C(C(=O)N(CC=C)C2CCCCC2)N([C@H](CO)c2ccccc2)C(=O)[C@H]13. The maximum atomic E-state index is 14.7. The molecule has 4 aliphatic rings. The van der Waals surface area contributed by atoms with E-state index in [1.807, 2.05) is 41.3 Å². The van der Waals surface area contributed by atoms with Crippen LogP contribution < -0.4 is 0 Å². The number of allylic oxidation sites excluding steroid dienone is 1. The summed E-state index contributed by atoms with van der Waals surface area (Å²) >= 11 is 0. The van der Waals surface area contributed by atoms with Gasteiger partial charge in [0.15, 0.2) is 0 Å². The summed E-state index contributed by atoms with van der Waals surface area (Å²) in [7, 11) is 0. The summed E-state index contributed by atoms with van der Waals surface area (Å²) < 4.78 is 12.3. The Morgan fingerprint density at radius 2 is 1.88 bits per heavy atom. The second-order valence-electron chi connectivity index (χ2n) is 11.9. The Morgan fingerprint density at radius 1 is 1.12 bits per heavy atom. The van der Waals surface area contributed by atoms with Crippen LogP contribution in [0.25, 0.3) is 0 Å². The molecule has 3 aliphatic heterocycles. The number of hydrogen-bond donors (Lipinski definition) is 1. The number of likely N-dealkylation sites (tertiary alicyclic amines) is 1. The van der Waals surface area contributed by atoms with Gasteiger partial charge in [-0.15, -0.1) is 13.2 Å². The molecule has 2 amide bonds. The molecule has 4 fully saturated rings. The number of hydrogen-bond acceptors (Lipinski definition) is 6. The number of unbranched alkanes of at least 4 members (excludes halogenated alkanes) is 2. The average Bonchev–Trinajstić information content (AvgIpc) is 3.64. The van der Waals surface area contributed by atoms with Gasteiger partial charge in [-0.05, 0) is 50.5 Å².